The fourth-order valence-corrected chi connectivity index (χ4v) is 2.18. The highest BCUT2D eigenvalue weighted by molar-refractivity contribution is 9.10. The quantitative estimate of drug-likeness (QED) is 0.772. The Morgan fingerprint density at radius 2 is 2.26 bits per heavy atom. The van der Waals surface area contributed by atoms with Gasteiger partial charge in [-0.15, -0.1) is 0 Å². The number of benzene rings is 1. The number of ether oxygens (including phenoxy) is 1. The Hall–Kier alpha value is -1.44. The summed E-state index contributed by atoms with van der Waals surface area (Å²) in [5.74, 6) is -1.22. The van der Waals surface area contributed by atoms with E-state index in [0.717, 1.165) is 0 Å². The van der Waals surface area contributed by atoms with Gasteiger partial charge in [0, 0.05) is 11.0 Å². The molecule has 6 nitrogen and oxygen atoms in total. The van der Waals surface area contributed by atoms with Crippen molar-refractivity contribution in [2.75, 3.05) is 25.1 Å². The molecule has 19 heavy (non-hydrogen) atoms. The standard InChI is InChI=1S/C12H13BrN2O4/c13-8-5-7(12(17)18)1-2-9(8)15-11(16)10-6-19-4-3-14-10/h1-2,5,10,14H,3-4,6H2,(H,15,16)(H,17,18). The SMILES string of the molecule is O=C(O)c1ccc(NC(=O)C2COCCN2)c(Br)c1. The number of hydrogen-bond acceptors (Lipinski definition) is 4. The largest absolute Gasteiger partial charge is 0.478 e. The zero-order chi connectivity index (χ0) is 13.8. The molecule has 1 aromatic carbocycles. The lowest BCUT2D eigenvalue weighted by Crippen LogP contribution is -2.48. The van der Waals surface area contributed by atoms with E-state index in [4.69, 9.17) is 9.84 Å². The third-order valence-electron chi connectivity index (χ3n) is 2.71. The van der Waals surface area contributed by atoms with Crippen LogP contribution in [0.1, 0.15) is 10.4 Å². The molecule has 1 unspecified atom stereocenters. The Morgan fingerprint density at radius 1 is 1.47 bits per heavy atom. The Bertz CT molecular complexity index is 501. The summed E-state index contributed by atoms with van der Waals surface area (Å²) in [5, 5.41) is 14.6. The van der Waals surface area contributed by atoms with Crippen LogP contribution in [-0.4, -0.2) is 42.8 Å². The van der Waals surface area contributed by atoms with Crippen LogP contribution in [0.25, 0.3) is 0 Å². The molecular formula is C12H13BrN2O4. The molecule has 0 aromatic heterocycles. The van der Waals surface area contributed by atoms with Crippen LogP contribution in [0.4, 0.5) is 5.69 Å². The van der Waals surface area contributed by atoms with E-state index in [1.807, 2.05) is 0 Å². The van der Waals surface area contributed by atoms with Gasteiger partial charge in [-0.05, 0) is 34.1 Å². The van der Waals surface area contributed by atoms with Gasteiger partial charge in [0.25, 0.3) is 0 Å². The first-order chi connectivity index (χ1) is 9.08. The van der Waals surface area contributed by atoms with E-state index in [-0.39, 0.29) is 17.5 Å². The number of carboxylic acids is 1. The molecule has 0 aliphatic carbocycles. The molecule has 0 radical (unpaired) electrons. The first-order valence-electron chi connectivity index (χ1n) is 5.73. The summed E-state index contributed by atoms with van der Waals surface area (Å²) in [4.78, 5) is 22.7. The number of nitrogens with one attached hydrogen (secondary N) is 2. The zero-order valence-corrected chi connectivity index (χ0v) is 11.6. The van der Waals surface area contributed by atoms with Crippen LogP contribution in [0.15, 0.2) is 22.7 Å². The average molecular weight is 329 g/mol. The van der Waals surface area contributed by atoms with Gasteiger partial charge >= 0.3 is 5.97 Å². The molecule has 7 heteroatoms. The molecule has 1 saturated heterocycles. The second-order valence-electron chi connectivity index (χ2n) is 4.07. The number of carboxylic acid groups (broad SMARTS) is 1. The van der Waals surface area contributed by atoms with Gasteiger partial charge < -0.3 is 20.5 Å². The molecule has 2 rings (SSSR count). The monoisotopic (exact) mass is 328 g/mol. The van der Waals surface area contributed by atoms with Gasteiger partial charge in [-0.2, -0.15) is 0 Å². The molecule has 0 spiro atoms. The molecule has 0 bridgehead atoms. The molecular weight excluding hydrogens is 316 g/mol. The Balaban J connectivity index is 2.06. The van der Waals surface area contributed by atoms with E-state index < -0.39 is 5.97 Å². The summed E-state index contributed by atoms with van der Waals surface area (Å²) in [6, 6.07) is 4.05. The first-order valence-corrected chi connectivity index (χ1v) is 6.52. The fourth-order valence-electron chi connectivity index (χ4n) is 1.70. The smallest absolute Gasteiger partial charge is 0.335 e. The predicted molar refractivity (Wildman–Crippen MR) is 72.3 cm³/mol. The maximum absolute atomic E-state index is 11.9. The Morgan fingerprint density at radius 3 is 2.84 bits per heavy atom. The molecule has 1 aromatic rings. The molecule has 102 valence electrons. The summed E-state index contributed by atoms with van der Waals surface area (Å²) >= 11 is 3.24. The molecule has 1 atom stereocenters. The minimum atomic E-state index is -1.01. The van der Waals surface area contributed by atoms with Gasteiger partial charge in [0.2, 0.25) is 5.91 Å². The maximum Gasteiger partial charge on any atom is 0.335 e. The van der Waals surface area contributed by atoms with Crippen molar-refractivity contribution in [1.29, 1.82) is 0 Å². The van der Waals surface area contributed by atoms with Crippen LogP contribution >= 0.6 is 15.9 Å². The van der Waals surface area contributed by atoms with Crippen molar-refractivity contribution in [2.24, 2.45) is 0 Å². The summed E-state index contributed by atoms with van der Waals surface area (Å²) in [6.45, 7) is 1.56. The lowest BCUT2D eigenvalue weighted by Gasteiger charge is -2.23. The number of rotatable bonds is 3. The van der Waals surface area contributed by atoms with Gasteiger partial charge in [0.15, 0.2) is 0 Å². The molecule has 1 aliphatic rings. The predicted octanol–water partition coefficient (Wildman–Crippen LogP) is 1.07. The number of carbonyl (C=O) groups excluding carboxylic acids is 1. The lowest BCUT2D eigenvalue weighted by atomic mass is 10.2. The third-order valence-corrected chi connectivity index (χ3v) is 3.37. The second kappa shape index (κ2) is 6.14. The summed E-state index contributed by atoms with van der Waals surface area (Å²) < 4.78 is 5.73. The van der Waals surface area contributed by atoms with Gasteiger partial charge in [0.1, 0.15) is 6.04 Å². The van der Waals surface area contributed by atoms with Crippen molar-refractivity contribution < 1.29 is 19.4 Å². The number of anilines is 1. The highest BCUT2D eigenvalue weighted by Crippen LogP contribution is 2.24. The van der Waals surface area contributed by atoms with E-state index >= 15 is 0 Å². The first kappa shape index (κ1) is 14.0. The third kappa shape index (κ3) is 3.52. The van der Waals surface area contributed by atoms with E-state index in [0.29, 0.717) is 29.9 Å². The van der Waals surface area contributed by atoms with Gasteiger partial charge in [-0.3, -0.25) is 4.79 Å². The van der Waals surface area contributed by atoms with Gasteiger partial charge in [0.05, 0.1) is 24.5 Å². The highest BCUT2D eigenvalue weighted by Gasteiger charge is 2.21. The topological polar surface area (TPSA) is 87.7 Å². The lowest BCUT2D eigenvalue weighted by molar-refractivity contribution is -0.120. The van der Waals surface area contributed by atoms with Crippen LogP contribution in [0.2, 0.25) is 0 Å². The van der Waals surface area contributed by atoms with Gasteiger partial charge in [-0.1, -0.05) is 0 Å². The molecule has 1 heterocycles. The van der Waals surface area contributed by atoms with Crippen LogP contribution < -0.4 is 10.6 Å². The highest BCUT2D eigenvalue weighted by atomic mass is 79.9. The maximum atomic E-state index is 11.9. The average Bonchev–Trinajstić information content (AvgIpc) is 2.41. The summed E-state index contributed by atoms with van der Waals surface area (Å²) in [7, 11) is 0. The van der Waals surface area contributed by atoms with Crippen molar-refractivity contribution in [1.82, 2.24) is 5.32 Å². The van der Waals surface area contributed by atoms with Crippen LogP contribution in [0.5, 0.6) is 0 Å². The molecule has 1 amide bonds. The van der Waals surface area contributed by atoms with Crippen LogP contribution in [-0.2, 0) is 9.53 Å². The molecule has 1 fully saturated rings. The van der Waals surface area contributed by atoms with Crippen LogP contribution in [0.3, 0.4) is 0 Å². The van der Waals surface area contributed by atoms with E-state index in [2.05, 4.69) is 26.6 Å². The normalized spacial score (nSPS) is 18.9. The number of carbonyl (C=O) groups is 2. The summed E-state index contributed by atoms with van der Waals surface area (Å²) in [5.41, 5.74) is 0.686. The van der Waals surface area contributed by atoms with E-state index in [9.17, 15) is 9.59 Å². The van der Waals surface area contributed by atoms with Crippen molar-refractivity contribution in [3.63, 3.8) is 0 Å². The van der Waals surface area contributed by atoms with E-state index in [1.54, 1.807) is 6.07 Å². The number of hydrogen-bond donors (Lipinski definition) is 3. The number of morpholine rings is 1. The number of aromatic carboxylic acids is 1. The Kier molecular flexibility index (Phi) is 4.52. The second-order valence-corrected chi connectivity index (χ2v) is 4.92. The summed E-state index contributed by atoms with van der Waals surface area (Å²) in [6.07, 6.45) is 0. The molecule has 3 N–H and O–H groups in total. The van der Waals surface area contributed by atoms with Gasteiger partial charge in [-0.25, -0.2) is 4.79 Å². The molecule has 0 saturated carbocycles. The van der Waals surface area contributed by atoms with E-state index in [1.165, 1.54) is 12.1 Å². The minimum absolute atomic E-state index is 0.156. The number of halogens is 1. The number of amides is 1. The van der Waals surface area contributed by atoms with Crippen molar-refractivity contribution in [2.45, 2.75) is 6.04 Å². The van der Waals surface area contributed by atoms with Crippen LogP contribution in [0, 0.1) is 0 Å². The fraction of sp³-hybridized carbons (Fsp3) is 0.333. The van der Waals surface area contributed by atoms with Crippen molar-refractivity contribution in [3.05, 3.63) is 28.2 Å². The Labute approximate surface area is 118 Å². The van der Waals surface area contributed by atoms with Crippen molar-refractivity contribution >= 4 is 33.5 Å². The minimum Gasteiger partial charge on any atom is -0.478 e. The zero-order valence-electron chi connectivity index (χ0n) is 9.98. The van der Waals surface area contributed by atoms with Crippen molar-refractivity contribution in [3.8, 4) is 0 Å². The molecule has 1 aliphatic heterocycles.